The Balaban J connectivity index is 1.33. The smallest absolute Gasteiger partial charge is 0.371 e. The molecule has 35 heavy (non-hydrogen) atoms. The molecule has 0 atom stereocenters. The van der Waals surface area contributed by atoms with Crippen LogP contribution >= 0.6 is 11.3 Å². The highest BCUT2D eigenvalue weighted by atomic mass is 32.1. The topological polar surface area (TPSA) is 36.4 Å². The lowest BCUT2D eigenvalue weighted by Gasteiger charge is -2.38. The number of piperidine rings is 1. The van der Waals surface area contributed by atoms with Gasteiger partial charge >= 0.3 is 6.18 Å². The highest BCUT2D eigenvalue weighted by Gasteiger charge is 2.33. The van der Waals surface area contributed by atoms with Crippen molar-refractivity contribution in [1.29, 1.82) is 0 Å². The molecule has 0 aliphatic carbocycles. The fraction of sp³-hybridized carbons (Fsp3) is 0.407. The molecule has 5 rings (SSSR count). The number of anilines is 1. The number of rotatable bonds is 6. The zero-order chi connectivity index (χ0) is 24.4. The van der Waals surface area contributed by atoms with Crippen LogP contribution in [0.25, 0.3) is 10.4 Å². The van der Waals surface area contributed by atoms with Gasteiger partial charge in [0.25, 0.3) is 0 Å². The van der Waals surface area contributed by atoms with Gasteiger partial charge in [-0.05, 0) is 62.5 Å². The minimum atomic E-state index is -4.51. The van der Waals surface area contributed by atoms with Crippen molar-refractivity contribution in [2.24, 2.45) is 0 Å². The minimum Gasteiger partial charge on any atom is -0.371 e. The third-order valence-corrected chi connectivity index (χ3v) is 8.02. The summed E-state index contributed by atoms with van der Waals surface area (Å²) in [7, 11) is 0. The van der Waals surface area contributed by atoms with Crippen LogP contribution < -0.4 is 4.90 Å². The minimum absolute atomic E-state index is 0.0186. The number of carbonyl (C=O) groups excluding carboxylic acids is 1. The normalized spacial score (nSPS) is 17.7. The van der Waals surface area contributed by atoms with Crippen LogP contribution in [0.4, 0.5) is 18.9 Å². The number of ketones is 1. The van der Waals surface area contributed by atoms with Gasteiger partial charge in [-0.2, -0.15) is 13.2 Å². The van der Waals surface area contributed by atoms with E-state index in [4.69, 9.17) is 0 Å². The maximum Gasteiger partial charge on any atom is 0.416 e. The van der Waals surface area contributed by atoms with Crippen molar-refractivity contribution in [2.45, 2.75) is 44.3 Å². The summed E-state index contributed by atoms with van der Waals surface area (Å²) < 4.78 is 41.1. The van der Waals surface area contributed by atoms with E-state index < -0.39 is 11.7 Å². The first-order valence-corrected chi connectivity index (χ1v) is 12.9. The lowest BCUT2D eigenvalue weighted by molar-refractivity contribution is -0.137. The molecule has 0 unspecified atom stereocenters. The van der Waals surface area contributed by atoms with Gasteiger partial charge in [0.05, 0.1) is 16.9 Å². The number of thiazole rings is 1. The van der Waals surface area contributed by atoms with Crippen molar-refractivity contribution in [3.63, 3.8) is 0 Å². The molecule has 2 aliphatic heterocycles. The van der Waals surface area contributed by atoms with Gasteiger partial charge in [0.1, 0.15) is 5.01 Å². The molecule has 0 radical (unpaired) electrons. The number of hydrogen-bond acceptors (Lipinski definition) is 5. The predicted molar refractivity (Wildman–Crippen MR) is 133 cm³/mol. The van der Waals surface area contributed by atoms with E-state index in [9.17, 15) is 18.0 Å². The lowest BCUT2D eigenvalue weighted by atomic mass is 9.99. The second kappa shape index (κ2) is 10.1. The first-order valence-electron chi connectivity index (χ1n) is 12.1. The number of halogens is 3. The summed E-state index contributed by atoms with van der Waals surface area (Å²) in [5.74, 6) is -0.349. The number of likely N-dealkylation sites (tertiary alicyclic amines) is 1. The SMILES string of the molecule is O=C(Cc1ncc(-c2ccccc2)s1)c1cc(N2CCC(N3CCCC3)CC2)cc(C(F)(F)F)c1. The average Bonchev–Trinajstić information content (AvgIpc) is 3.57. The maximum atomic E-state index is 13.7. The van der Waals surface area contributed by atoms with Crippen molar-refractivity contribution >= 4 is 22.8 Å². The quantitative estimate of drug-likeness (QED) is 0.372. The van der Waals surface area contributed by atoms with Crippen LogP contribution in [-0.4, -0.2) is 47.9 Å². The van der Waals surface area contributed by atoms with E-state index in [0.717, 1.165) is 42.4 Å². The molecule has 0 amide bonds. The molecule has 184 valence electrons. The van der Waals surface area contributed by atoms with Crippen LogP contribution in [0.5, 0.6) is 0 Å². The summed E-state index contributed by atoms with van der Waals surface area (Å²) in [5.41, 5.74) is 0.798. The van der Waals surface area contributed by atoms with Crippen LogP contribution in [0, 0.1) is 0 Å². The fourth-order valence-electron chi connectivity index (χ4n) is 5.08. The van der Waals surface area contributed by atoms with Crippen molar-refractivity contribution < 1.29 is 18.0 Å². The van der Waals surface area contributed by atoms with Gasteiger partial charge < -0.3 is 9.80 Å². The Morgan fingerprint density at radius 1 is 1.00 bits per heavy atom. The van der Waals surface area contributed by atoms with Gasteiger partial charge in [-0.15, -0.1) is 11.3 Å². The first-order chi connectivity index (χ1) is 16.9. The molecule has 2 saturated heterocycles. The van der Waals surface area contributed by atoms with E-state index in [-0.39, 0.29) is 17.8 Å². The number of benzene rings is 2. The molecule has 4 nitrogen and oxygen atoms in total. The van der Waals surface area contributed by atoms with Crippen molar-refractivity contribution in [3.8, 4) is 10.4 Å². The van der Waals surface area contributed by atoms with Gasteiger partial charge in [0.2, 0.25) is 0 Å². The van der Waals surface area contributed by atoms with E-state index in [1.807, 2.05) is 35.2 Å². The highest BCUT2D eigenvalue weighted by molar-refractivity contribution is 7.15. The zero-order valence-corrected chi connectivity index (χ0v) is 20.2. The van der Waals surface area contributed by atoms with Gasteiger partial charge in [-0.1, -0.05) is 30.3 Å². The number of hydrogen-bond donors (Lipinski definition) is 0. The van der Waals surface area contributed by atoms with Gasteiger partial charge in [0.15, 0.2) is 5.78 Å². The Labute approximate surface area is 207 Å². The first kappa shape index (κ1) is 24.0. The highest BCUT2D eigenvalue weighted by Crippen LogP contribution is 2.35. The number of nitrogens with zero attached hydrogens (tertiary/aromatic N) is 3. The van der Waals surface area contributed by atoms with E-state index in [1.165, 1.54) is 30.2 Å². The summed E-state index contributed by atoms with van der Waals surface area (Å²) in [6.07, 6.45) is 1.50. The third-order valence-electron chi connectivity index (χ3n) is 6.98. The van der Waals surface area contributed by atoms with E-state index in [2.05, 4.69) is 9.88 Å². The summed E-state index contributed by atoms with van der Waals surface area (Å²) in [5, 5.41) is 0.597. The molecule has 0 bridgehead atoms. The summed E-state index contributed by atoms with van der Waals surface area (Å²) in [6.45, 7) is 3.64. The van der Waals surface area contributed by atoms with Gasteiger partial charge in [-0.3, -0.25) is 4.79 Å². The Bertz CT molecular complexity index is 1160. The van der Waals surface area contributed by atoms with Crippen LogP contribution in [0.1, 0.15) is 46.6 Å². The van der Waals surface area contributed by atoms with Crippen molar-refractivity contribution in [1.82, 2.24) is 9.88 Å². The van der Waals surface area contributed by atoms with Crippen molar-refractivity contribution in [2.75, 3.05) is 31.1 Å². The maximum absolute atomic E-state index is 13.7. The fourth-order valence-corrected chi connectivity index (χ4v) is 6.00. The molecular weight excluding hydrogens is 471 g/mol. The molecule has 2 aliphatic rings. The Morgan fingerprint density at radius 3 is 2.40 bits per heavy atom. The molecule has 2 aromatic carbocycles. The number of Topliss-reactive ketones (excluding diaryl/α,β-unsaturated/α-hetero) is 1. The van der Waals surface area contributed by atoms with Gasteiger partial charge in [-0.25, -0.2) is 4.98 Å². The standard InChI is InChI=1S/C27H28F3N3OS/c28-27(29,30)21-14-20(24(34)17-26-31-18-25(35-26)19-6-2-1-3-7-19)15-23(16-21)33-12-8-22(9-13-33)32-10-4-5-11-32/h1-3,6-7,14-16,18,22H,4-5,8-13,17H2. The molecule has 0 N–H and O–H groups in total. The average molecular weight is 500 g/mol. The Kier molecular flexibility index (Phi) is 6.93. The lowest BCUT2D eigenvalue weighted by Crippen LogP contribution is -2.44. The molecule has 1 aromatic heterocycles. The number of aromatic nitrogens is 1. The molecular formula is C27H28F3N3OS. The molecule has 0 spiro atoms. The van der Waals surface area contributed by atoms with Crippen molar-refractivity contribution in [3.05, 3.63) is 70.9 Å². The summed E-state index contributed by atoms with van der Waals surface area (Å²) >= 11 is 1.39. The summed E-state index contributed by atoms with van der Waals surface area (Å²) in [4.78, 5) is 22.9. The number of alkyl halides is 3. The Morgan fingerprint density at radius 2 is 1.71 bits per heavy atom. The molecule has 3 heterocycles. The van der Waals surface area contributed by atoms with Crippen LogP contribution in [0.15, 0.2) is 54.7 Å². The second-order valence-corrected chi connectivity index (χ2v) is 10.4. The van der Waals surface area contributed by atoms with Crippen LogP contribution in [-0.2, 0) is 12.6 Å². The molecule has 3 aromatic rings. The van der Waals surface area contributed by atoms with E-state index >= 15 is 0 Å². The predicted octanol–water partition coefficient (Wildman–Crippen LogP) is 6.32. The molecule has 2 fully saturated rings. The molecule has 8 heteroatoms. The zero-order valence-electron chi connectivity index (χ0n) is 19.4. The largest absolute Gasteiger partial charge is 0.416 e. The molecule has 0 saturated carbocycles. The van der Waals surface area contributed by atoms with Crippen LogP contribution in [0.3, 0.4) is 0 Å². The second-order valence-electron chi connectivity index (χ2n) is 9.31. The third kappa shape index (κ3) is 5.59. The van der Waals surface area contributed by atoms with E-state index in [0.29, 0.717) is 29.8 Å². The number of carbonyl (C=O) groups is 1. The summed E-state index contributed by atoms with van der Waals surface area (Å²) in [6, 6.07) is 14.0. The van der Waals surface area contributed by atoms with Crippen LogP contribution in [0.2, 0.25) is 0 Å². The Hall–Kier alpha value is -2.71. The van der Waals surface area contributed by atoms with E-state index in [1.54, 1.807) is 12.3 Å². The monoisotopic (exact) mass is 499 g/mol. The van der Waals surface area contributed by atoms with Gasteiger partial charge in [0, 0.05) is 36.6 Å².